The van der Waals surface area contributed by atoms with Crippen molar-refractivity contribution in [2.75, 3.05) is 6.54 Å². The first-order valence-corrected chi connectivity index (χ1v) is 7.95. The zero-order chi connectivity index (χ0) is 20.1. The van der Waals surface area contributed by atoms with Crippen LogP contribution in [0.15, 0.2) is 53.4 Å². The summed E-state index contributed by atoms with van der Waals surface area (Å²) < 4.78 is 59.8. The van der Waals surface area contributed by atoms with Gasteiger partial charge in [0.1, 0.15) is 30.9 Å². The minimum atomic E-state index is -4.49. The van der Waals surface area contributed by atoms with E-state index in [1.807, 2.05) is 0 Å². The van der Waals surface area contributed by atoms with Gasteiger partial charge in [-0.1, -0.05) is 5.16 Å². The molecule has 0 unspecified atom stereocenters. The van der Waals surface area contributed by atoms with Crippen molar-refractivity contribution >= 4 is 5.91 Å². The number of aromatic nitrogens is 2. The van der Waals surface area contributed by atoms with Crippen molar-refractivity contribution < 1.29 is 31.6 Å². The Kier molecular flexibility index (Phi) is 5.57. The molecule has 2 heterocycles. The molecular weight excluding hydrogens is 382 g/mol. The maximum absolute atomic E-state index is 13.0. The molecule has 0 aliphatic rings. The quantitative estimate of drug-likeness (QED) is 0.644. The average molecular weight is 395 g/mol. The SMILES string of the molecule is O=C(NCC(F)(F)F)c1ccc(OCc2conc2-c2ccc(F)cc2)nc1. The molecule has 0 radical (unpaired) electrons. The van der Waals surface area contributed by atoms with Gasteiger partial charge in [0.15, 0.2) is 0 Å². The Balaban J connectivity index is 1.61. The lowest BCUT2D eigenvalue weighted by Crippen LogP contribution is -2.33. The van der Waals surface area contributed by atoms with Crippen molar-refractivity contribution in [3.63, 3.8) is 0 Å². The van der Waals surface area contributed by atoms with Crippen LogP contribution < -0.4 is 10.1 Å². The van der Waals surface area contributed by atoms with E-state index in [0.717, 1.165) is 6.20 Å². The molecule has 28 heavy (non-hydrogen) atoms. The van der Waals surface area contributed by atoms with Crippen LogP contribution in [-0.2, 0) is 6.61 Å². The number of hydrogen-bond donors (Lipinski definition) is 1. The fourth-order valence-corrected chi connectivity index (χ4v) is 2.24. The number of rotatable bonds is 6. The van der Waals surface area contributed by atoms with Crippen LogP contribution in [0.2, 0.25) is 0 Å². The molecule has 10 heteroatoms. The van der Waals surface area contributed by atoms with E-state index in [2.05, 4.69) is 10.1 Å². The summed E-state index contributed by atoms with van der Waals surface area (Å²) in [5.74, 6) is -1.12. The number of ether oxygens (including phenoxy) is 1. The number of nitrogens with zero attached hydrogens (tertiary/aromatic N) is 2. The van der Waals surface area contributed by atoms with E-state index in [4.69, 9.17) is 9.26 Å². The Labute approximate surface area is 156 Å². The summed E-state index contributed by atoms with van der Waals surface area (Å²) in [5.41, 5.74) is 1.66. The Hall–Kier alpha value is -3.43. The molecule has 1 amide bonds. The lowest BCUT2D eigenvalue weighted by molar-refractivity contribution is -0.123. The molecule has 1 aromatic carbocycles. The molecule has 6 nitrogen and oxygen atoms in total. The number of halogens is 4. The van der Waals surface area contributed by atoms with E-state index >= 15 is 0 Å². The molecule has 1 N–H and O–H groups in total. The van der Waals surface area contributed by atoms with Crippen LogP contribution in [0.1, 0.15) is 15.9 Å². The number of pyridine rings is 1. The van der Waals surface area contributed by atoms with Gasteiger partial charge in [0, 0.05) is 17.8 Å². The normalized spacial score (nSPS) is 11.3. The lowest BCUT2D eigenvalue weighted by Gasteiger charge is -2.09. The molecule has 2 aromatic heterocycles. The fraction of sp³-hybridized carbons (Fsp3) is 0.167. The monoisotopic (exact) mass is 395 g/mol. The highest BCUT2D eigenvalue weighted by Crippen LogP contribution is 2.23. The average Bonchev–Trinajstić information content (AvgIpc) is 3.13. The van der Waals surface area contributed by atoms with Crippen LogP contribution in [-0.4, -0.2) is 28.8 Å². The zero-order valence-electron chi connectivity index (χ0n) is 14.2. The van der Waals surface area contributed by atoms with Crippen molar-refractivity contribution in [3.05, 3.63) is 65.8 Å². The standard InChI is InChI=1S/C18H13F4N3O3/c19-14-4-1-11(2-5-14)16-13(9-28-25-16)8-27-15-6-3-12(7-23-15)17(26)24-10-18(20,21)22/h1-7,9H,8,10H2,(H,24,26). The molecule has 0 fully saturated rings. The van der Waals surface area contributed by atoms with Gasteiger partial charge in [-0.15, -0.1) is 0 Å². The summed E-state index contributed by atoms with van der Waals surface area (Å²) >= 11 is 0. The van der Waals surface area contributed by atoms with Gasteiger partial charge in [-0.05, 0) is 30.3 Å². The molecule has 0 saturated carbocycles. The molecular formula is C18H13F4N3O3. The zero-order valence-corrected chi connectivity index (χ0v) is 14.2. The van der Waals surface area contributed by atoms with E-state index in [1.54, 1.807) is 17.4 Å². The van der Waals surface area contributed by atoms with E-state index in [0.29, 0.717) is 16.8 Å². The first kappa shape index (κ1) is 19.3. The van der Waals surface area contributed by atoms with Crippen molar-refractivity contribution in [1.82, 2.24) is 15.5 Å². The molecule has 0 aliphatic carbocycles. The first-order valence-electron chi connectivity index (χ1n) is 7.95. The fourth-order valence-electron chi connectivity index (χ4n) is 2.24. The van der Waals surface area contributed by atoms with Gasteiger partial charge in [0.2, 0.25) is 5.88 Å². The first-order chi connectivity index (χ1) is 13.3. The van der Waals surface area contributed by atoms with E-state index in [-0.39, 0.29) is 23.9 Å². The second kappa shape index (κ2) is 8.07. The highest BCUT2D eigenvalue weighted by molar-refractivity contribution is 5.93. The Bertz CT molecular complexity index is 938. The third-order valence-electron chi connectivity index (χ3n) is 3.58. The van der Waals surface area contributed by atoms with Gasteiger partial charge in [-0.3, -0.25) is 4.79 Å². The third-order valence-corrected chi connectivity index (χ3v) is 3.58. The van der Waals surface area contributed by atoms with Gasteiger partial charge < -0.3 is 14.6 Å². The number of benzene rings is 1. The van der Waals surface area contributed by atoms with Gasteiger partial charge in [-0.2, -0.15) is 13.2 Å². The molecule has 0 bridgehead atoms. The van der Waals surface area contributed by atoms with E-state index in [1.165, 1.54) is 30.5 Å². The van der Waals surface area contributed by atoms with Crippen LogP contribution in [0.4, 0.5) is 17.6 Å². The van der Waals surface area contributed by atoms with Crippen LogP contribution in [0.3, 0.4) is 0 Å². The van der Waals surface area contributed by atoms with Gasteiger partial charge >= 0.3 is 6.18 Å². The summed E-state index contributed by atoms with van der Waals surface area (Å²) in [4.78, 5) is 15.5. The minimum absolute atomic E-state index is 0.0306. The molecule has 0 spiro atoms. The highest BCUT2D eigenvalue weighted by Gasteiger charge is 2.27. The number of nitrogens with one attached hydrogen (secondary N) is 1. The Morgan fingerprint density at radius 3 is 2.54 bits per heavy atom. The number of amides is 1. The summed E-state index contributed by atoms with van der Waals surface area (Å²) in [5, 5.41) is 5.61. The number of hydrogen-bond acceptors (Lipinski definition) is 5. The van der Waals surface area contributed by atoms with Crippen molar-refractivity contribution in [2.45, 2.75) is 12.8 Å². The second-order valence-corrected chi connectivity index (χ2v) is 5.67. The Morgan fingerprint density at radius 2 is 1.89 bits per heavy atom. The van der Waals surface area contributed by atoms with Crippen LogP contribution in [0, 0.1) is 5.82 Å². The summed E-state index contributed by atoms with van der Waals surface area (Å²) in [6.45, 7) is -1.40. The van der Waals surface area contributed by atoms with Crippen LogP contribution >= 0.6 is 0 Å². The molecule has 0 saturated heterocycles. The smallest absolute Gasteiger partial charge is 0.405 e. The molecule has 146 valence electrons. The van der Waals surface area contributed by atoms with Crippen LogP contribution in [0.25, 0.3) is 11.3 Å². The predicted molar refractivity (Wildman–Crippen MR) is 88.9 cm³/mol. The van der Waals surface area contributed by atoms with Gasteiger partial charge in [0.25, 0.3) is 5.91 Å². The van der Waals surface area contributed by atoms with Crippen LogP contribution in [0.5, 0.6) is 5.88 Å². The van der Waals surface area contributed by atoms with Gasteiger partial charge in [-0.25, -0.2) is 9.37 Å². The van der Waals surface area contributed by atoms with E-state index in [9.17, 15) is 22.4 Å². The molecule has 3 rings (SSSR count). The lowest BCUT2D eigenvalue weighted by atomic mass is 10.1. The molecule has 0 aliphatic heterocycles. The topological polar surface area (TPSA) is 77.2 Å². The summed E-state index contributed by atoms with van der Waals surface area (Å²) in [6.07, 6.45) is -2.01. The third kappa shape index (κ3) is 5.06. The second-order valence-electron chi connectivity index (χ2n) is 5.67. The highest BCUT2D eigenvalue weighted by atomic mass is 19.4. The van der Waals surface area contributed by atoms with Gasteiger partial charge in [0.05, 0.1) is 11.1 Å². The van der Waals surface area contributed by atoms with E-state index < -0.39 is 18.6 Å². The largest absolute Gasteiger partial charge is 0.473 e. The van der Waals surface area contributed by atoms with Crippen molar-refractivity contribution in [1.29, 1.82) is 0 Å². The summed E-state index contributed by atoms with van der Waals surface area (Å²) in [7, 11) is 0. The number of carbonyl (C=O) groups excluding carboxylic acids is 1. The molecule has 3 aromatic rings. The number of alkyl halides is 3. The maximum Gasteiger partial charge on any atom is 0.405 e. The number of carbonyl (C=O) groups is 1. The summed E-state index contributed by atoms with van der Waals surface area (Å²) in [6, 6.07) is 8.32. The Morgan fingerprint density at radius 1 is 1.14 bits per heavy atom. The molecule has 0 atom stereocenters. The van der Waals surface area contributed by atoms with Crippen molar-refractivity contribution in [3.8, 4) is 17.1 Å². The predicted octanol–water partition coefficient (Wildman–Crippen LogP) is 3.75. The maximum atomic E-state index is 13.0. The van der Waals surface area contributed by atoms with Crippen molar-refractivity contribution in [2.24, 2.45) is 0 Å². The minimum Gasteiger partial charge on any atom is -0.473 e.